The van der Waals surface area contributed by atoms with E-state index in [-0.39, 0.29) is 51.2 Å². The molecule has 0 aliphatic rings. The zero-order valence-corrected chi connectivity index (χ0v) is 69.6. The Morgan fingerprint density at radius 3 is 0.414 bits per heavy atom. The summed E-state index contributed by atoms with van der Waals surface area (Å²) in [5, 5.41) is 17.5. The van der Waals surface area contributed by atoms with E-state index in [4.69, 9.17) is 22.3 Å². The van der Waals surface area contributed by atoms with Crippen LogP contribution in [0.3, 0.4) is 0 Å². The molecule has 14 aromatic carbocycles. The first-order chi connectivity index (χ1) is 52.4. The number of ether oxygens (including phenoxy) is 2. The molecule has 0 saturated carbocycles. The van der Waals surface area contributed by atoms with Gasteiger partial charge in [-0.3, -0.25) is 11.8 Å². The summed E-state index contributed by atoms with van der Waals surface area (Å²) in [4.78, 5) is 0. The Labute approximate surface area is 690 Å². The number of methoxy groups -OCH3 is 2. The summed E-state index contributed by atoms with van der Waals surface area (Å²) in [5.74, 6) is 9.67. The molecule has 18 heteroatoms. The predicted molar refractivity (Wildman–Crippen MR) is 461 cm³/mol. The van der Waals surface area contributed by atoms with Crippen molar-refractivity contribution in [2.24, 2.45) is 0 Å². The van der Waals surface area contributed by atoms with Crippen molar-refractivity contribution in [1.82, 2.24) is 0 Å². The van der Waals surface area contributed by atoms with E-state index in [0.717, 1.165) is 22.6 Å². The molecule has 2 nitrogen and oxygen atoms in total. The summed E-state index contributed by atoms with van der Waals surface area (Å²) in [6, 6.07) is 147. The summed E-state index contributed by atoms with van der Waals surface area (Å²) in [6.45, 7) is 0. The Balaban J connectivity index is 0.000000220. The molecule has 0 N–H and O–H groups in total. The van der Waals surface area contributed by atoms with Crippen molar-refractivity contribution < 1.29 is 85.9 Å². The third kappa shape index (κ3) is 32.9. The molecule has 0 fully saturated rings. The summed E-state index contributed by atoms with van der Waals surface area (Å²) in [5.41, 5.74) is 1.53. The van der Waals surface area contributed by atoms with Crippen LogP contribution in [0.25, 0.3) is 0 Å². The molecule has 0 atom stereocenters. The normalized spacial score (nSPS) is 11.0. The van der Waals surface area contributed by atoms with Crippen molar-refractivity contribution in [2.45, 2.75) is 0 Å². The Bertz CT molecular complexity index is 3990. The van der Waals surface area contributed by atoms with Gasteiger partial charge in [-0.05, 0) is 135 Å². The van der Waals surface area contributed by atoms with Crippen LogP contribution in [0.1, 0.15) is 11.1 Å². The van der Waals surface area contributed by atoms with Gasteiger partial charge in [0.1, 0.15) is 11.5 Å². The Kier molecular flexibility index (Phi) is 39.3. The number of benzene rings is 14. The maximum Gasteiger partial charge on any atom is 1.00 e. The monoisotopic (exact) mass is 1750 g/mol. The first-order valence-corrected chi connectivity index (χ1v) is 45.6. The molecule has 0 unspecified atom stereocenters. The van der Waals surface area contributed by atoms with Crippen LogP contribution in [0.4, 0.5) is 25.2 Å². The summed E-state index contributed by atoms with van der Waals surface area (Å²) < 4.78 is 69.0. The van der Waals surface area contributed by atoms with E-state index in [9.17, 15) is 25.2 Å². The van der Waals surface area contributed by atoms with Gasteiger partial charge in [-0.15, -0.1) is 35.4 Å². The largest absolute Gasteiger partial charge is 1.00 e. The van der Waals surface area contributed by atoms with E-state index in [1.165, 1.54) is 81.4 Å². The second kappa shape index (κ2) is 47.5. The topological polar surface area (TPSA) is 18.5 Å². The third-order valence-corrected chi connectivity index (χ3v) is 34.0. The molecule has 0 spiro atoms. The van der Waals surface area contributed by atoms with Gasteiger partial charge in [0.05, 0.1) is 14.2 Å². The van der Waals surface area contributed by atoms with Crippen molar-refractivity contribution >= 4 is 119 Å². The summed E-state index contributed by atoms with van der Waals surface area (Å²) in [6.07, 6.45) is 13.6. The van der Waals surface area contributed by atoms with E-state index in [0.29, 0.717) is 0 Å². The zero-order valence-electron chi connectivity index (χ0n) is 60.5. The maximum absolute atomic E-state index is 10.7. The fourth-order valence-electron chi connectivity index (χ4n) is 10.9. The van der Waals surface area contributed by atoms with Crippen molar-refractivity contribution in [3.63, 3.8) is 0 Å². The molecule has 0 saturated heterocycles. The average molecular weight is 1750 g/mol. The van der Waals surface area contributed by atoms with Gasteiger partial charge >= 0.3 is 84.2 Å². The smallest absolute Gasteiger partial charge is 0.497 e. The van der Waals surface area contributed by atoms with Crippen LogP contribution in [0, 0.1) is 24.7 Å². The minimum atomic E-state index is -10.7. The molecule has 14 aromatic rings. The van der Waals surface area contributed by atoms with Gasteiger partial charge in [-0.2, -0.15) is 0 Å². The number of hydrogen-bond donors (Lipinski definition) is 0. The maximum atomic E-state index is 9.87. The van der Waals surface area contributed by atoms with Crippen LogP contribution in [-0.2, 0) is 51.2 Å². The van der Waals surface area contributed by atoms with Gasteiger partial charge in [0.25, 0.3) is 0 Å². The molecule has 0 aromatic heterocycles. The second-order valence-electron chi connectivity index (χ2n) is 23.7. The molecule has 111 heavy (non-hydrogen) atoms. The quantitative estimate of drug-likeness (QED) is 0.0249. The molecule has 574 valence electrons. The number of rotatable bonds is 20. The summed E-state index contributed by atoms with van der Waals surface area (Å²) in [7, 11) is -9.88. The molecule has 0 aliphatic heterocycles. The fraction of sp³-hybridized carbons (Fsp3) is 0.0538. The van der Waals surface area contributed by atoms with E-state index in [1.807, 2.05) is 0 Å². The first-order valence-electron chi connectivity index (χ1n) is 34.4. The molecular formula is C93H80Cu3F6O2P7. The molecule has 0 radical (unpaired) electrons. The number of hydrogen-bond acceptors (Lipinski definition) is 2. The molecule has 0 aliphatic carbocycles. The van der Waals surface area contributed by atoms with Crippen molar-refractivity contribution in [3.8, 4) is 23.3 Å². The van der Waals surface area contributed by atoms with Gasteiger partial charge in [0.2, 0.25) is 0 Å². The molecule has 0 amide bonds. The van der Waals surface area contributed by atoms with Gasteiger partial charge in [0, 0.05) is 17.7 Å². The van der Waals surface area contributed by atoms with Crippen LogP contribution in [0.15, 0.2) is 413 Å². The summed E-state index contributed by atoms with van der Waals surface area (Å²) >= 11 is 0. The van der Waals surface area contributed by atoms with E-state index in [1.54, 1.807) is 62.8 Å². The van der Waals surface area contributed by atoms with Crippen molar-refractivity contribution in [3.05, 3.63) is 436 Å². The van der Waals surface area contributed by atoms with Crippen LogP contribution < -0.4 is 73.1 Å². The molecular weight excluding hydrogens is 1670 g/mol. The zero-order chi connectivity index (χ0) is 76.1. The third-order valence-electron chi connectivity index (χ3n) is 16.1. The van der Waals surface area contributed by atoms with Crippen LogP contribution in [0.2, 0.25) is 0 Å². The molecule has 0 bridgehead atoms. The predicted octanol–water partition coefficient (Wildman–Crippen LogP) is 22.3. The SMILES string of the molecule is F[P-](F)(F)(F)(F)F.[C-]#Cc1ccc(OC)cc1.[C-]#Cc1ccc(OC)cc1.[Cu+].[Cu+].[Cu+].c1ccc(P(CP(c2ccccc2)c2ccccc2)c2ccccc2)cc1.c1ccc(P(CP(c2ccccc2)c2ccccc2)c2ccccc2)cc1.c1ccc(P(CP(c2ccccc2)c2ccccc2)c2ccccc2)cc1. The average Bonchev–Trinajstić information content (AvgIpc) is 0.795. The fourth-order valence-corrected chi connectivity index (χ4v) is 30.3. The Morgan fingerprint density at radius 1 is 0.216 bits per heavy atom. The van der Waals surface area contributed by atoms with Crippen molar-refractivity contribution in [1.29, 1.82) is 0 Å². The number of halogens is 6. The van der Waals surface area contributed by atoms with Gasteiger partial charge in [-0.1, -0.05) is 364 Å². The van der Waals surface area contributed by atoms with Gasteiger partial charge < -0.3 is 22.3 Å². The van der Waals surface area contributed by atoms with Crippen LogP contribution in [-0.4, -0.2) is 31.9 Å². The van der Waals surface area contributed by atoms with Gasteiger partial charge in [-0.25, -0.2) is 0 Å². The second-order valence-corrected chi connectivity index (χ2v) is 40.3. The van der Waals surface area contributed by atoms with E-state index < -0.39 is 55.3 Å². The Hall–Kier alpha value is -8.05. The van der Waals surface area contributed by atoms with E-state index >= 15 is 0 Å². The van der Waals surface area contributed by atoms with Crippen molar-refractivity contribution in [2.75, 3.05) is 31.9 Å². The first kappa shape index (κ1) is 91.8. The van der Waals surface area contributed by atoms with Crippen LogP contribution in [0.5, 0.6) is 11.5 Å². The standard InChI is InChI=1S/3C25H22P2.2C9H7O.3Cu.F6P/c3*1-5-13-22(14-6-1)26(23-15-7-2-8-16-23)21-27(24-17-9-3-10-18-24)25-19-11-4-12-20-25;2*1-3-8-4-6-9(10-2)7-5-8;;;;1-7(2,3,4,5)6/h3*1-20H,21H2;2*4-7H,2H3;;;;/q;;;2*-1;3*+1;-1. The molecule has 14 rings (SSSR count). The van der Waals surface area contributed by atoms with E-state index in [2.05, 4.69) is 376 Å². The van der Waals surface area contributed by atoms with Gasteiger partial charge in [0.15, 0.2) is 0 Å². The Morgan fingerprint density at radius 2 is 0.324 bits per heavy atom. The minimum Gasteiger partial charge on any atom is -0.497 e. The molecule has 0 heterocycles. The minimum absolute atomic E-state index is 0. The van der Waals surface area contributed by atoms with Crippen LogP contribution >= 0.6 is 55.3 Å².